The van der Waals surface area contributed by atoms with E-state index in [1.54, 1.807) is 48.5 Å². The van der Waals surface area contributed by atoms with Crippen molar-refractivity contribution in [3.63, 3.8) is 0 Å². The highest BCUT2D eigenvalue weighted by molar-refractivity contribution is 7.55. The Morgan fingerprint density at radius 2 is 1.45 bits per heavy atom. The number of hydrogen-bond donors (Lipinski definition) is 2. The summed E-state index contributed by atoms with van der Waals surface area (Å²) in [5.74, 6) is -3.39. The van der Waals surface area contributed by atoms with E-state index < -0.39 is 43.3 Å². The lowest BCUT2D eigenvalue weighted by molar-refractivity contribution is -0.137. The molecule has 0 saturated heterocycles. The summed E-state index contributed by atoms with van der Waals surface area (Å²) < 4.78 is 28.1. The van der Waals surface area contributed by atoms with Gasteiger partial charge in [0.05, 0.1) is 12.2 Å². The van der Waals surface area contributed by atoms with E-state index in [-0.39, 0.29) is 0 Å². The van der Waals surface area contributed by atoms with E-state index in [1.165, 1.54) is 0 Å². The zero-order valence-electron chi connectivity index (χ0n) is 14.1. The molecule has 0 aromatic heterocycles. The number of carbonyl (C=O) groups is 2. The third-order valence-electron chi connectivity index (χ3n) is 1.92. The van der Waals surface area contributed by atoms with Crippen LogP contribution in [0.15, 0.2) is 0 Å². The van der Waals surface area contributed by atoms with E-state index in [4.69, 9.17) is 13.8 Å². The molecular weight excluding hydrogens is 313 g/mol. The van der Waals surface area contributed by atoms with Gasteiger partial charge in [-0.2, -0.15) is 0 Å². The van der Waals surface area contributed by atoms with E-state index in [0.717, 1.165) is 0 Å². The molecule has 8 nitrogen and oxygen atoms in total. The highest BCUT2D eigenvalue weighted by Crippen LogP contribution is 2.54. The minimum absolute atomic E-state index is 0.549. The topological polar surface area (TPSA) is 111 Å². The van der Waals surface area contributed by atoms with E-state index in [1.807, 2.05) is 0 Å². The van der Waals surface area contributed by atoms with Crippen LogP contribution in [0.1, 0.15) is 48.5 Å². The van der Waals surface area contributed by atoms with Gasteiger partial charge in [-0.25, -0.2) is 9.59 Å². The van der Waals surface area contributed by atoms with E-state index in [9.17, 15) is 19.3 Å². The quantitative estimate of drug-likeness (QED) is 0.686. The first-order chi connectivity index (χ1) is 9.77. The molecule has 0 spiro atoms. The van der Waals surface area contributed by atoms with Gasteiger partial charge in [-0.3, -0.25) is 9.88 Å². The maximum Gasteiger partial charge on any atom is 0.408 e. The summed E-state index contributed by atoms with van der Waals surface area (Å²) in [4.78, 5) is 23.2. The number of amides is 1. The summed E-state index contributed by atoms with van der Waals surface area (Å²) in [6.45, 7) is 11.2. The molecule has 1 unspecified atom stereocenters. The van der Waals surface area contributed by atoms with Gasteiger partial charge in [0.2, 0.25) is 5.78 Å². The van der Waals surface area contributed by atoms with Crippen molar-refractivity contribution in [3.8, 4) is 0 Å². The Morgan fingerprint density at radius 3 is 1.73 bits per heavy atom. The first-order valence-corrected chi connectivity index (χ1v) is 8.57. The predicted octanol–water partition coefficient (Wildman–Crippen LogP) is 2.96. The predicted molar refractivity (Wildman–Crippen MR) is 80.8 cm³/mol. The first kappa shape index (κ1) is 20.9. The molecule has 0 aliphatic carbocycles. The Bertz CT molecular complexity index is 428. The van der Waals surface area contributed by atoms with Gasteiger partial charge in [-0.1, -0.05) is 0 Å². The van der Waals surface area contributed by atoms with Crippen molar-refractivity contribution in [2.75, 3.05) is 0 Å². The standard InChI is InChI=1S/C13H26NO7P/c1-8(2)20-22(18,21-9(3)4)10(11(15)16)14-12(17)19-13(5,6)7/h8-10H,1-7H3,(H,14,17)(H,15,16). The van der Waals surface area contributed by atoms with Crippen molar-refractivity contribution in [3.05, 3.63) is 0 Å². The molecule has 0 aromatic carbocycles. The van der Waals surface area contributed by atoms with Crippen LogP contribution >= 0.6 is 7.60 Å². The Labute approximate surface area is 131 Å². The van der Waals surface area contributed by atoms with Crippen molar-refractivity contribution in [2.24, 2.45) is 0 Å². The van der Waals surface area contributed by atoms with Crippen molar-refractivity contribution >= 4 is 19.7 Å². The monoisotopic (exact) mass is 339 g/mol. The molecule has 0 aliphatic rings. The Kier molecular flexibility index (Phi) is 7.54. The lowest BCUT2D eigenvalue weighted by atomic mass is 10.2. The number of hydrogen-bond acceptors (Lipinski definition) is 6. The van der Waals surface area contributed by atoms with Crippen LogP contribution < -0.4 is 5.32 Å². The van der Waals surface area contributed by atoms with Crippen LogP contribution in [0.25, 0.3) is 0 Å². The van der Waals surface area contributed by atoms with Crippen LogP contribution in [-0.4, -0.2) is 40.8 Å². The van der Waals surface area contributed by atoms with Crippen LogP contribution in [0.3, 0.4) is 0 Å². The molecule has 0 heterocycles. The second-order valence-corrected chi connectivity index (χ2v) is 8.25. The van der Waals surface area contributed by atoms with Gasteiger partial charge >= 0.3 is 19.7 Å². The summed E-state index contributed by atoms with van der Waals surface area (Å²) in [6, 6.07) is 0. The number of aliphatic carboxylic acids is 1. The SMILES string of the molecule is CC(C)OP(=O)(OC(C)C)C(NC(=O)OC(C)(C)C)C(=O)O. The van der Waals surface area contributed by atoms with Gasteiger partial charge in [0.15, 0.2) is 0 Å². The number of ether oxygens (including phenoxy) is 1. The first-order valence-electron chi connectivity index (χ1n) is 6.95. The molecule has 0 radical (unpaired) electrons. The zero-order valence-corrected chi connectivity index (χ0v) is 15.0. The van der Waals surface area contributed by atoms with Crippen LogP contribution in [0.2, 0.25) is 0 Å². The molecular formula is C13H26NO7P. The third-order valence-corrected chi connectivity index (χ3v) is 4.33. The number of nitrogens with one attached hydrogen (secondary N) is 1. The van der Waals surface area contributed by atoms with Crippen molar-refractivity contribution in [1.29, 1.82) is 0 Å². The average molecular weight is 339 g/mol. The molecule has 0 rings (SSSR count). The van der Waals surface area contributed by atoms with Gasteiger partial charge in [0.1, 0.15) is 5.60 Å². The molecule has 0 aliphatic heterocycles. The molecule has 0 fully saturated rings. The molecule has 9 heteroatoms. The summed E-state index contributed by atoms with van der Waals surface area (Å²) in [5.41, 5.74) is -0.824. The Morgan fingerprint density at radius 1 is 1.05 bits per heavy atom. The largest absolute Gasteiger partial charge is 0.479 e. The summed E-state index contributed by atoms with van der Waals surface area (Å²) in [5, 5.41) is 11.3. The zero-order chi connectivity index (χ0) is 17.7. The molecule has 2 N–H and O–H groups in total. The Balaban J connectivity index is 5.35. The number of carboxylic acids is 1. The minimum Gasteiger partial charge on any atom is -0.479 e. The number of carbonyl (C=O) groups excluding carboxylic acids is 1. The van der Waals surface area contributed by atoms with E-state index in [0.29, 0.717) is 0 Å². The molecule has 0 saturated carbocycles. The second-order valence-electron chi connectivity index (χ2n) is 6.24. The number of rotatable bonds is 7. The van der Waals surface area contributed by atoms with Crippen LogP contribution in [0.4, 0.5) is 4.79 Å². The molecule has 1 amide bonds. The summed E-state index contributed by atoms with van der Waals surface area (Å²) in [6.07, 6.45) is -2.11. The van der Waals surface area contributed by atoms with Crippen molar-refractivity contribution < 1.29 is 33.0 Å². The molecule has 22 heavy (non-hydrogen) atoms. The van der Waals surface area contributed by atoms with Crippen LogP contribution in [0.5, 0.6) is 0 Å². The van der Waals surface area contributed by atoms with Gasteiger partial charge in [-0.05, 0) is 48.5 Å². The summed E-state index contributed by atoms with van der Waals surface area (Å²) in [7, 11) is -4.13. The van der Waals surface area contributed by atoms with Gasteiger partial charge in [-0.15, -0.1) is 0 Å². The van der Waals surface area contributed by atoms with Gasteiger partial charge in [0, 0.05) is 0 Å². The van der Waals surface area contributed by atoms with Gasteiger partial charge in [0.25, 0.3) is 0 Å². The highest BCUT2D eigenvalue weighted by Gasteiger charge is 2.45. The number of carboxylic acid groups (broad SMARTS) is 1. The fourth-order valence-electron chi connectivity index (χ4n) is 1.43. The Hall–Kier alpha value is -1.11. The maximum absolute atomic E-state index is 12.8. The maximum atomic E-state index is 12.8. The highest BCUT2D eigenvalue weighted by atomic mass is 31.2. The van der Waals surface area contributed by atoms with Gasteiger partial charge < -0.3 is 18.9 Å². The van der Waals surface area contributed by atoms with E-state index >= 15 is 0 Å². The number of alkyl carbamates (subject to hydrolysis) is 1. The lowest BCUT2D eigenvalue weighted by Crippen LogP contribution is -2.44. The normalized spacial score (nSPS) is 14.0. The molecule has 0 aromatic rings. The van der Waals surface area contributed by atoms with E-state index in [2.05, 4.69) is 5.32 Å². The second kappa shape index (κ2) is 7.94. The minimum atomic E-state index is -4.13. The van der Waals surface area contributed by atoms with Crippen molar-refractivity contribution in [1.82, 2.24) is 5.32 Å². The molecule has 0 bridgehead atoms. The fourth-order valence-corrected chi connectivity index (χ4v) is 3.43. The molecule has 130 valence electrons. The van der Waals surface area contributed by atoms with Crippen molar-refractivity contribution in [2.45, 2.75) is 72.1 Å². The summed E-state index contributed by atoms with van der Waals surface area (Å²) >= 11 is 0. The molecule has 1 atom stereocenters. The fraction of sp³-hybridized carbons (Fsp3) is 0.846. The third kappa shape index (κ3) is 7.77. The smallest absolute Gasteiger partial charge is 0.408 e. The average Bonchev–Trinajstić information content (AvgIpc) is 2.19. The lowest BCUT2D eigenvalue weighted by Gasteiger charge is -2.28. The van der Waals surface area contributed by atoms with Crippen LogP contribution in [-0.2, 0) is 23.1 Å². The van der Waals surface area contributed by atoms with Crippen LogP contribution in [0, 0.1) is 0 Å².